The molecule has 0 radical (unpaired) electrons. The number of benzene rings is 2. The Bertz CT molecular complexity index is 1190. The second kappa shape index (κ2) is 6.35. The van der Waals surface area contributed by atoms with E-state index in [0.717, 1.165) is 23.0 Å². The lowest BCUT2D eigenvalue weighted by atomic mass is 10.1. The van der Waals surface area contributed by atoms with Crippen molar-refractivity contribution >= 4 is 21.6 Å². The first-order chi connectivity index (χ1) is 12.1. The van der Waals surface area contributed by atoms with Crippen molar-refractivity contribution in [3.05, 3.63) is 69.4 Å². The van der Waals surface area contributed by atoms with E-state index in [1.165, 1.54) is 12.1 Å². The lowest BCUT2D eigenvalue weighted by molar-refractivity contribution is 0.487. The Kier molecular flexibility index (Phi) is 4.47. The maximum atomic E-state index is 14.5. The van der Waals surface area contributed by atoms with Crippen molar-refractivity contribution in [2.45, 2.75) is 11.8 Å². The maximum Gasteiger partial charge on any atom is 0.424 e. The van der Waals surface area contributed by atoms with Crippen LogP contribution >= 0.6 is 11.6 Å². The van der Waals surface area contributed by atoms with E-state index in [1.54, 1.807) is 13.0 Å². The summed E-state index contributed by atoms with van der Waals surface area (Å²) in [6, 6.07) is 6.43. The zero-order valence-electron chi connectivity index (χ0n) is 13.2. The van der Waals surface area contributed by atoms with Crippen LogP contribution in [0.1, 0.15) is 5.56 Å². The highest BCUT2D eigenvalue weighted by atomic mass is 35.5. The molecule has 0 bridgehead atoms. The molecule has 0 aliphatic heterocycles. The summed E-state index contributed by atoms with van der Waals surface area (Å²) in [6.45, 7) is 1.71. The van der Waals surface area contributed by atoms with Gasteiger partial charge >= 0.3 is 5.76 Å². The van der Waals surface area contributed by atoms with E-state index in [4.69, 9.17) is 21.2 Å². The van der Waals surface area contributed by atoms with Crippen molar-refractivity contribution in [1.29, 1.82) is 0 Å². The summed E-state index contributed by atoms with van der Waals surface area (Å²) >= 11 is 5.96. The molecule has 0 aliphatic rings. The van der Waals surface area contributed by atoms with Gasteiger partial charge in [0.2, 0.25) is 10.0 Å². The summed E-state index contributed by atoms with van der Waals surface area (Å²) in [5, 5.41) is 5.31. The highest BCUT2D eigenvalue weighted by molar-refractivity contribution is 7.89. The normalized spacial score (nSPS) is 11.7. The SMILES string of the molecule is Cc1cc(-n2c(-c3ccc(S(N)(=O)=O)c(F)c3F)coc2=O)ccc1Cl. The predicted octanol–water partition coefficient (Wildman–Crippen LogP) is 2.98. The van der Waals surface area contributed by atoms with Crippen LogP contribution in [0.15, 0.2) is 50.7 Å². The van der Waals surface area contributed by atoms with Gasteiger partial charge in [-0.25, -0.2) is 31.7 Å². The van der Waals surface area contributed by atoms with Crippen LogP contribution in [0.2, 0.25) is 5.02 Å². The molecule has 0 atom stereocenters. The van der Waals surface area contributed by atoms with Crippen LogP contribution in [0.3, 0.4) is 0 Å². The van der Waals surface area contributed by atoms with E-state index in [-0.39, 0.29) is 11.3 Å². The van der Waals surface area contributed by atoms with Crippen molar-refractivity contribution in [2.75, 3.05) is 0 Å². The molecule has 0 saturated carbocycles. The number of sulfonamides is 1. The molecule has 0 unspecified atom stereocenters. The first-order valence-electron chi connectivity index (χ1n) is 7.09. The van der Waals surface area contributed by atoms with Gasteiger partial charge < -0.3 is 4.42 Å². The zero-order chi connectivity index (χ0) is 19.2. The van der Waals surface area contributed by atoms with Gasteiger partial charge in [0, 0.05) is 10.6 Å². The fraction of sp³-hybridized carbons (Fsp3) is 0.0625. The van der Waals surface area contributed by atoms with Crippen molar-refractivity contribution in [3.8, 4) is 16.9 Å². The van der Waals surface area contributed by atoms with Crippen LogP contribution in [-0.2, 0) is 10.0 Å². The van der Waals surface area contributed by atoms with Gasteiger partial charge in [-0.3, -0.25) is 0 Å². The first-order valence-corrected chi connectivity index (χ1v) is 9.02. The molecule has 2 aromatic carbocycles. The van der Waals surface area contributed by atoms with E-state index in [9.17, 15) is 22.0 Å². The molecule has 1 aromatic heterocycles. The van der Waals surface area contributed by atoms with Crippen LogP contribution < -0.4 is 10.9 Å². The van der Waals surface area contributed by atoms with Crippen LogP contribution in [0.25, 0.3) is 16.9 Å². The third-order valence-electron chi connectivity index (χ3n) is 3.72. The molecule has 0 saturated heterocycles. The molecule has 0 spiro atoms. The summed E-state index contributed by atoms with van der Waals surface area (Å²) in [5.41, 5.74) is 0.498. The van der Waals surface area contributed by atoms with Gasteiger partial charge in [0.05, 0.1) is 11.4 Å². The van der Waals surface area contributed by atoms with Crippen LogP contribution in [0.5, 0.6) is 0 Å². The number of rotatable bonds is 3. The lowest BCUT2D eigenvalue weighted by Crippen LogP contribution is -2.16. The third-order valence-corrected chi connectivity index (χ3v) is 5.08. The monoisotopic (exact) mass is 400 g/mol. The molecule has 2 N–H and O–H groups in total. The summed E-state index contributed by atoms with van der Waals surface area (Å²) in [6.07, 6.45) is 0.945. The van der Waals surface area contributed by atoms with Gasteiger partial charge in [-0.05, 0) is 42.8 Å². The summed E-state index contributed by atoms with van der Waals surface area (Å²) in [7, 11) is -4.44. The molecule has 26 heavy (non-hydrogen) atoms. The molecule has 0 amide bonds. The van der Waals surface area contributed by atoms with E-state index < -0.39 is 32.3 Å². The van der Waals surface area contributed by atoms with E-state index in [2.05, 4.69) is 0 Å². The Labute approximate surface area is 151 Å². The minimum absolute atomic E-state index is 0.103. The van der Waals surface area contributed by atoms with E-state index in [1.807, 2.05) is 0 Å². The van der Waals surface area contributed by atoms with Crippen molar-refractivity contribution < 1.29 is 21.6 Å². The van der Waals surface area contributed by atoms with E-state index in [0.29, 0.717) is 16.3 Å². The molecule has 0 aliphatic carbocycles. The standard InChI is InChI=1S/C16H11ClF2N2O4S/c1-8-6-9(2-4-11(8)17)21-12(7-25-16(21)22)10-3-5-13(26(20,23)24)15(19)14(10)18/h2-7H,1H3,(H2,20,23,24). The number of nitrogens with zero attached hydrogens (tertiary/aromatic N) is 1. The largest absolute Gasteiger partial charge is 0.424 e. The minimum atomic E-state index is -4.44. The second-order valence-electron chi connectivity index (χ2n) is 5.44. The Morgan fingerprint density at radius 3 is 2.46 bits per heavy atom. The highest BCUT2D eigenvalue weighted by Crippen LogP contribution is 2.29. The number of hydrogen-bond acceptors (Lipinski definition) is 4. The molecule has 136 valence electrons. The zero-order valence-corrected chi connectivity index (χ0v) is 14.7. The number of aromatic nitrogens is 1. The predicted molar refractivity (Wildman–Crippen MR) is 90.8 cm³/mol. The second-order valence-corrected chi connectivity index (χ2v) is 7.38. The minimum Gasteiger partial charge on any atom is -0.415 e. The smallest absolute Gasteiger partial charge is 0.415 e. The van der Waals surface area contributed by atoms with Gasteiger partial charge in [0.25, 0.3) is 0 Å². The molecular weight excluding hydrogens is 390 g/mol. The van der Waals surface area contributed by atoms with Gasteiger partial charge in [-0.1, -0.05) is 11.6 Å². The summed E-state index contributed by atoms with van der Waals surface area (Å²) in [5.74, 6) is -3.95. The van der Waals surface area contributed by atoms with Gasteiger partial charge in [-0.2, -0.15) is 0 Å². The van der Waals surface area contributed by atoms with Gasteiger partial charge in [0.1, 0.15) is 11.2 Å². The van der Waals surface area contributed by atoms with Crippen molar-refractivity contribution in [1.82, 2.24) is 4.57 Å². The Hall–Kier alpha value is -2.49. The average Bonchev–Trinajstić information content (AvgIpc) is 2.93. The number of nitrogens with two attached hydrogens (primary N) is 1. The summed E-state index contributed by atoms with van der Waals surface area (Å²) < 4.78 is 57.0. The fourth-order valence-corrected chi connectivity index (χ4v) is 3.17. The average molecular weight is 401 g/mol. The Morgan fingerprint density at radius 2 is 1.85 bits per heavy atom. The molecule has 1 heterocycles. The van der Waals surface area contributed by atoms with Crippen LogP contribution in [0.4, 0.5) is 8.78 Å². The lowest BCUT2D eigenvalue weighted by Gasteiger charge is -2.10. The fourth-order valence-electron chi connectivity index (χ4n) is 2.46. The van der Waals surface area contributed by atoms with Crippen molar-refractivity contribution in [2.24, 2.45) is 5.14 Å². The van der Waals surface area contributed by atoms with Crippen LogP contribution in [-0.4, -0.2) is 13.0 Å². The Balaban J connectivity index is 2.26. The van der Waals surface area contributed by atoms with Gasteiger partial charge in [0.15, 0.2) is 11.6 Å². The quantitative estimate of drug-likeness (QED) is 0.731. The third kappa shape index (κ3) is 3.05. The molecule has 3 aromatic rings. The Morgan fingerprint density at radius 1 is 1.15 bits per heavy atom. The number of primary sulfonamides is 1. The number of halogens is 3. The number of aryl methyl sites for hydroxylation is 1. The maximum absolute atomic E-state index is 14.5. The number of oxazole rings is 1. The van der Waals surface area contributed by atoms with E-state index >= 15 is 0 Å². The molecule has 6 nitrogen and oxygen atoms in total. The van der Waals surface area contributed by atoms with Gasteiger partial charge in [-0.15, -0.1) is 0 Å². The highest BCUT2D eigenvalue weighted by Gasteiger charge is 2.24. The number of hydrogen-bond donors (Lipinski definition) is 1. The van der Waals surface area contributed by atoms with Crippen LogP contribution in [0, 0.1) is 18.6 Å². The molecule has 3 rings (SSSR count). The first kappa shape index (κ1) is 18.3. The molecular formula is C16H11ClF2N2O4S. The van der Waals surface area contributed by atoms with Crippen molar-refractivity contribution in [3.63, 3.8) is 0 Å². The topological polar surface area (TPSA) is 95.3 Å². The molecule has 10 heteroatoms. The summed E-state index contributed by atoms with van der Waals surface area (Å²) in [4.78, 5) is 11.1. The molecule has 0 fully saturated rings.